The van der Waals surface area contributed by atoms with Gasteiger partial charge in [-0.2, -0.15) is 0 Å². The summed E-state index contributed by atoms with van der Waals surface area (Å²) in [5.41, 5.74) is 7.27. The lowest BCUT2D eigenvalue weighted by Gasteiger charge is -2.33. The third kappa shape index (κ3) is 4.94. The van der Waals surface area contributed by atoms with Gasteiger partial charge in [0.25, 0.3) is 5.91 Å². The Morgan fingerprint density at radius 2 is 2.11 bits per heavy atom. The van der Waals surface area contributed by atoms with Gasteiger partial charge in [0.2, 0.25) is 0 Å². The van der Waals surface area contributed by atoms with E-state index in [-0.39, 0.29) is 16.8 Å². The number of nitrogens with one attached hydrogen (secondary N) is 1. The predicted octanol–water partition coefficient (Wildman–Crippen LogP) is 4.12. The van der Waals surface area contributed by atoms with Crippen molar-refractivity contribution in [3.63, 3.8) is 0 Å². The second-order valence-electron chi connectivity index (χ2n) is 9.61. The monoisotopic (exact) mass is 541 g/mol. The second kappa shape index (κ2) is 10.1. The highest BCUT2D eigenvalue weighted by atomic mass is 35.5. The molecule has 3 heterocycles. The molecule has 0 spiro atoms. The topological polar surface area (TPSA) is 125 Å². The van der Waals surface area contributed by atoms with Crippen LogP contribution in [0.4, 0.5) is 15.9 Å². The third-order valence-electron chi connectivity index (χ3n) is 6.81. The lowest BCUT2D eigenvalue weighted by atomic mass is 10.1. The van der Waals surface area contributed by atoms with Gasteiger partial charge in [0.1, 0.15) is 36.7 Å². The van der Waals surface area contributed by atoms with E-state index in [0.717, 1.165) is 5.69 Å². The van der Waals surface area contributed by atoms with Gasteiger partial charge in [0, 0.05) is 17.5 Å². The van der Waals surface area contributed by atoms with E-state index in [1.165, 1.54) is 19.5 Å². The molecule has 1 aliphatic heterocycles. The number of amides is 1. The van der Waals surface area contributed by atoms with Gasteiger partial charge in [0.05, 0.1) is 36.8 Å². The van der Waals surface area contributed by atoms with Crippen molar-refractivity contribution in [3.05, 3.63) is 65.0 Å². The van der Waals surface area contributed by atoms with E-state index < -0.39 is 17.8 Å². The molecule has 38 heavy (non-hydrogen) atoms. The fourth-order valence-corrected chi connectivity index (χ4v) is 5.21. The Bertz CT molecular complexity index is 1510. The SMILES string of the molecule is COc1cc2ncnc(Nc3cccc(Cl)c3F)c2cc1O[C@H]1C[C@H](C(N)=O)[N+](C)(Cc2cc(C)on2)C1. The Kier molecular flexibility index (Phi) is 6.80. The number of anilines is 2. The molecule has 198 valence electrons. The van der Waals surface area contributed by atoms with E-state index >= 15 is 0 Å². The van der Waals surface area contributed by atoms with Gasteiger partial charge in [0.15, 0.2) is 29.5 Å². The highest BCUT2D eigenvalue weighted by molar-refractivity contribution is 6.31. The normalized spacial score (nSPS) is 21.0. The van der Waals surface area contributed by atoms with Crippen LogP contribution in [0.5, 0.6) is 11.5 Å². The number of aryl methyl sites for hydroxylation is 1. The Morgan fingerprint density at radius 3 is 2.82 bits per heavy atom. The van der Waals surface area contributed by atoms with Crippen LogP contribution in [0.2, 0.25) is 5.02 Å². The first-order chi connectivity index (χ1) is 18.2. The third-order valence-corrected chi connectivity index (χ3v) is 7.10. The highest BCUT2D eigenvalue weighted by Crippen LogP contribution is 2.38. The van der Waals surface area contributed by atoms with Crippen molar-refractivity contribution in [1.82, 2.24) is 15.1 Å². The minimum atomic E-state index is -0.589. The van der Waals surface area contributed by atoms with Crippen molar-refractivity contribution in [2.75, 3.05) is 26.0 Å². The van der Waals surface area contributed by atoms with Crippen LogP contribution in [0.15, 0.2) is 47.2 Å². The first kappa shape index (κ1) is 25.7. The van der Waals surface area contributed by atoms with Crippen LogP contribution in [0.3, 0.4) is 0 Å². The maximum absolute atomic E-state index is 14.6. The van der Waals surface area contributed by atoms with Crippen LogP contribution in [0.25, 0.3) is 10.9 Å². The van der Waals surface area contributed by atoms with Crippen LogP contribution in [0.1, 0.15) is 17.9 Å². The number of hydrogen-bond acceptors (Lipinski definition) is 8. The van der Waals surface area contributed by atoms with Gasteiger partial charge >= 0.3 is 0 Å². The van der Waals surface area contributed by atoms with Crippen molar-refractivity contribution >= 4 is 39.9 Å². The van der Waals surface area contributed by atoms with Crippen molar-refractivity contribution < 1.29 is 27.7 Å². The summed E-state index contributed by atoms with van der Waals surface area (Å²) in [4.78, 5) is 21.0. The molecule has 4 aromatic rings. The van der Waals surface area contributed by atoms with Gasteiger partial charge in [-0.05, 0) is 25.1 Å². The molecule has 0 bridgehead atoms. The summed E-state index contributed by atoms with van der Waals surface area (Å²) >= 11 is 5.94. The Labute approximate surface area is 223 Å². The number of carbonyl (C=O) groups is 1. The first-order valence-corrected chi connectivity index (χ1v) is 12.3. The number of aromatic nitrogens is 3. The van der Waals surface area contributed by atoms with Crippen LogP contribution >= 0.6 is 11.6 Å². The molecular formula is C26H27ClFN6O4+. The Balaban J connectivity index is 1.46. The number of likely N-dealkylation sites (tertiary alicyclic amines) is 1. The van der Waals surface area contributed by atoms with E-state index in [2.05, 4.69) is 20.4 Å². The molecule has 1 saturated heterocycles. The average Bonchev–Trinajstić information content (AvgIpc) is 3.43. The number of carbonyl (C=O) groups excluding carboxylic acids is 1. The van der Waals surface area contributed by atoms with Crippen LogP contribution in [0, 0.1) is 12.7 Å². The molecule has 3 atom stereocenters. The lowest BCUT2D eigenvalue weighted by Crippen LogP contribution is -2.53. The zero-order valence-electron chi connectivity index (χ0n) is 21.1. The summed E-state index contributed by atoms with van der Waals surface area (Å²) in [6, 6.07) is 9.50. The lowest BCUT2D eigenvalue weighted by molar-refractivity contribution is -0.926. The summed E-state index contributed by atoms with van der Waals surface area (Å²) in [5, 5.41) is 7.65. The molecule has 3 N–H and O–H groups in total. The molecule has 1 unspecified atom stereocenters. The predicted molar refractivity (Wildman–Crippen MR) is 139 cm³/mol. The Morgan fingerprint density at radius 1 is 1.29 bits per heavy atom. The Hall–Kier alpha value is -3.96. The van der Waals surface area contributed by atoms with Gasteiger partial charge in [-0.3, -0.25) is 4.79 Å². The summed E-state index contributed by atoms with van der Waals surface area (Å²) in [6.45, 7) is 2.79. The first-order valence-electron chi connectivity index (χ1n) is 11.9. The maximum Gasteiger partial charge on any atom is 0.275 e. The quantitative estimate of drug-likeness (QED) is 0.319. The molecule has 12 heteroatoms. The molecule has 2 aromatic heterocycles. The van der Waals surface area contributed by atoms with E-state index in [9.17, 15) is 9.18 Å². The zero-order chi connectivity index (χ0) is 27.0. The van der Waals surface area contributed by atoms with Gasteiger partial charge in [-0.1, -0.05) is 22.8 Å². The number of halogens is 2. The molecule has 1 amide bonds. The number of hydrogen-bond donors (Lipinski definition) is 2. The maximum atomic E-state index is 14.6. The van der Waals surface area contributed by atoms with E-state index in [1.54, 1.807) is 24.3 Å². The van der Waals surface area contributed by atoms with Crippen LogP contribution < -0.4 is 20.5 Å². The molecule has 1 aliphatic rings. The van der Waals surface area contributed by atoms with Crippen molar-refractivity contribution in [2.45, 2.75) is 32.0 Å². The van der Waals surface area contributed by atoms with Crippen LogP contribution in [-0.4, -0.2) is 58.4 Å². The molecule has 5 rings (SSSR count). The number of primary amides is 1. The standard InChI is InChI=1S/C26H26ClFN6O4/c1-14-7-15(33-38-14)11-34(2)12-16(8-21(34)25(29)35)37-23-9-17-20(10-22(23)36-3)30-13-31-26(17)32-19-6-4-5-18(27)24(19)28/h4-7,9-10,13,16,21H,8,11-12H2,1-3H3,(H2-,29,30,31,32,35)/p+1/t16-,21+,34?/m0/s1. The van der Waals surface area contributed by atoms with Crippen LogP contribution in [-0.2, 0) is 11.3 Å². The summed E-state index contributed by atoms with van der Waals surface area (Å²) in [5.74, 6) is 0.955. The van der Waals surface area contributed by atoms with Crippen molar-refractivity contribution in [3.8, 4) is 11.5 Å². The summed E-state index contributed by atoms with van der Waals surface area (Å²) < 4.78 is 32.1. The van der Waals surface area contributed by atoms with Crippen molar-refractivity contribution in [1.29, 1.82) is 0 Å². The van der Waals surface area contributed by atoms with E-state index in [1.807, 2.05) is 20.0 Å². The van der Waals surface area contributed by atoms with Gasteiger partial charge < -0.3 is 29.5 Å². The smallest absolute Gasteiger partial charge is 0.275 e. The summed E-state index contributed by atoms with van der Waals surface area (Å²) in [7, 11) is 3.49. The molecule has 10 nitrogen and oxygen atoms in total. The number of nitrogens with zero attached hydrogens (tertiary/aromatic N) is 4. The molecular weight excluding hydrogens is 515 g/mol. The van der Waals surface area contributed by atoms with Gasteiger partial charge in [-0.15, -0.1) is 0 Å². The number of quaternary nitrogens is 1. The fourth-order valence-electron chi connectivity index (χ4n) is 5.04. The zero-order valence-corrected chi connectivity index (χ0v) is 21.8. The number of nitrogens with two attached hydrogens (primary N) is 1. The minimum Gasteiger partial charge on any atom is -0.493 e. The molecule has 1 fully saturated rings. The number of likely N-dealkylation sites (N-methyl/N-ethyl adjacent to an activating group) is 1. The van der Waals surface area contributed by atoms with E-state index in [4.69, 9.17) is 31.3 Å². The number of rotatable bonds is 8. The highest BCUT2D eigenvalue weighted by Gasteiger charge is 2.49. The number of methoxy groups -OCH3 is 1. The van der Waals surface area contributed by atoms with E-state index in [0.29, 0.717) is 58.0 Å². The summed E-state index contributed by atoms with van der Waals surface area (Å²) in [6.07, 6.45) is 1.44. The molecule has 2 aromatic carbocycles. The minimum absolute atomic E-state index is 0.00810. The fraction of sp³-hybridized carbons (Fsp3) is 0.308. The number of ether oxygens (including phenoxy) is 2. The average molecular weight is 542 g/mol. The molecule has 0 radical (unpaired) electrons. The molecule has 0 saturated carbocycles. The molecule has 0 aliphatic carbocycles. The second-order valence-corrected chi connectivity index (χ2v) is 10.0. The largest absolute Gasteiger partial charge is 0.493 e. The van der Waals surface area contributed by atoms with Gasteiger partial charge in [-0.25, -0.2) is 14.4 Å². The number of fused-ring (bicyclic) bond motifs is 1. The van der Waals surface area contributed by atoms with Crippen molar-refractivity contribution in [2.24, 2.45) is 5.73 Å². The number of benzene rings is 2.